The standard InChI is InChI=1S/C19H19Cl3N2O3/c1-3-24(11-17(25)23-18-15(21)5-4-6-16(18)22)19(26)12(2)27-14-9-7-13(20)8-10-14/h4-10,12H,3,11H2,1-2H3,(H,23,25). The van der Waals surface area contributed by atoms with Crippen molar-refractivity contribution >= 4 is 52.3 Å². The fourth-order valence-corrected chi connectivity index (χ4v) is 2.96. The topological polar surface area (TPSA) is 58.6 Å². The number of nitrogens with zero attached hydrogens (tertiary/aromatic N) is 1. The molecule has 0 heterocycles. The van der Waals surface area contributed by atoms with Gasteiger partial charge in [-0.1, -0.05) is 40.9 Å². The summed E-state index contributed by atoms with van der Waals surface area (Å²) in [5, 5.41) is 3.86. The minimum Gasteiger partial charge on any atom is -0.481 e. The Morgan fingerprint density at radius 1 is 1.07 bits per heavy atom. The number of carbonyl (C=O) groups is 2. The first-order chi connectivity index (χ1) is 12.8. The van der Waals surface area contributed by atoms with Crippen molar-refractivity contribution in [1.29, 1.82) is 0 Å². The average Bonchev–Trinajstić information content (AvgIpc) is 2.64. The van der Waals surface area contributed by atoms with Gasteiger partial charge in [0.1, 0.15) is 5.75 Å². The van der Waals surface area contributed by atoms with Crippen LogP contribution in [0.5, 0.6) is 5.75 Å². The van der Waals surface area contributed by atoms with Crippen LogP contribution in [-0.4, -0.2) is 35.9 Å². The molecule has 0 radical (unpaired) electrons. The molecule has 8 heteroatoms. The number of rotatable bonds is 7. The molecule has 1 N–H and O–H groups in total. The Kier molecular flexibility index (Phi) is 7.78. The summed E-state index contributed by atoms with van der Waals surface area (Å²) in [5.74, 6) is -0.199. The zero-order valence-corrected chi connectivity index (χ0v) is 17.1. The van der Waals surface area contributed by atoms with Crippen molar-refractivity contribution in [2.45, 2.75) is 20.0 Å². The summed E-state index contributed by atoms with van der Waals surface area (Å²) < 4.78 is 5.63. The van der Waals surface area contributed by atoms with Gasteiger partial charge in [-0.3, -0.25) is 9.59 Å². The van der Waals surface area contributed by atoms with Gasteiger partial charge in [0.15, 0.2) is 6.10 Å². The first-order valence-electron chi connectivity index (χ1n) is 8.26. The van der Waals surface area contributed by atoms with E-state index in [9.17, 15) is 9.59 Å². The number of carbonyl (C=O) groups excluding carboxylic acids is 2. The number of nitrogens with one attached hydrogen (secondary N) is 1. The van der Waals surface area contributed by atoms with Gasteiger partial charge in [0, 0.05) is 11.6 Å². The molecule has 0 saturated carbocycles. The molecule has 2 aromatic rings. The number of likely N-dealkylation sites (N-methyl/N-ethyl adjacent to an activating group) is 1. The summed E-state index contributed by atoms with van der Waals surface area (Å²) in [6, 6.07) is 11.6. The van der Waals surface area contributed by atoms with Crippen molar-refractivity contribution in [1.82, 2.24) is 4.90 Å². The predicted octanol–water partition coefficient (Wildman–Crippen LogP) is 4.90. The third kappa shape index (κ3) is 6.03. The molecule has 1 atom stereocenters. The molecule has 0 aromatic heterocycles. The van der Waals surface area contributed by atoms with Crippen LogP contribution in [0.2, 0.25) is 15.1 Å². The highest BCUT2D eigenvalue weighted by molar-refractivity contribution is 6.39. The quantitative estimate of drug-likeness (QED) is 0.681. The highest BCUT2D eigenvalue weighted by atomic mass is 35.5. The summed E-state index contributed by atoms with van der Waals surface area (Å²) in [5.41, 5.74) is 0.319. The largest absolute Gasteiger partial charge is 0.481 e. The van der Waals surface area contributed by atoms with Crippen LogP contribution >= 0.6 is 34.8 Å². The molecule has 0 aliphatic rings. The van der Waals surface area contributed by atoms with E-state index in [1.807, 2.05) is 0 Å². The van der Waals surface area contributed by atoms with E-state index in [2.05, 4.69) is 5.32 Å². The Labute approximate surface area is 173 Å². The molecule has 0 saturated heterocycles. The van der Waals surface area contributed by atoms with E-state index >= 15 is 0 Å². The van der Waals surface area contributed by atoms with E-state index in [4.69, 9.17) is 39.5 Å². The van der Waals surface area contributed by atoms with Gasteiger partial charge >= 0.3 is 0 Å². The van der Waals surface area contributed by atoms with Crippen LogP contribution in [0.15, 0.2) is 42.5 Å². The molecule has 2 aromatic carbocycles. The molecule has 0 aliphatic carbocycles. The highest BCUT2D eigenvalue weighted by Gasteiger charge is 2.23. The van der Waals surface area contributed by atoms with E-state index in [1.54, 1.807) is 56.3 Å². The summed E-state index contributed by atoms with van der Waals surface area (Å²) in [4.78, 5) is 26.3. The monoisotopic (exact) mass is 428 g/mol. The number of hydrogen-bond acceptors (Lipinski definition) is 3. The first-order valence-corrected chi connectivity index (χ1v) is 9.40. The average molecular weight is 430 g/mol. The van der Waals surface area contributed by atoms with Crippen LogP contribution in [0.4, 0.5) is 5.69 Å². The Bertz CT molecular complexity index is 792. The van der Waals surface area contributed by atoms with E-state index in [-0.39, 0.29) is 12.5 Å². The fraction of sp³-hybridized carbons (Fsp3) is 0.263. The molecule has 2 rings (SSSR count). The van der Waals surface area contributed by atoms with Gasteiger partial charge in [-0.2, -0.15) is 0 Å². The van der Waals surface area contributed by atoms with Gasteiger partial charge in [-0.15, -0.1) is 0 Å². The van der Waals surface area contributed by atoms with Crippen molar-refractivity contribution in [3.05, 3.63) is 57.5 Å². The molecule has 0 aliphatic heterocycles. The fourth-order valence-electron chi connectivity index (χ4n) is 2.34. The van der Waals surface area contributed by atoms with E-state index in [1.165, 1.54) is 4.90 Å². The number of anilines is 1. The van der Waals surface area contributed by atoms with Gasteiger partial charge < -0.3 is 15.0 Å². The number of para-hydroxylation sites is 1. The van der Waals surface area contributed by atoms with Gasteiger partial charge in [-0.05, 0) is 50.2 Å². The number of hydrogen-bond donors (Lipinski definition) is 1. The van der Waals surface area contributed by atoms with E-state index in [0.29, 0.717) is 33.0 Å². The lowest BCUT2D eigenvalue weighted by Crippen LogP contribution is -2.44. The second-order valence-electron chi connectivity index (χ2n) is 5.71. The lowest BCUT2D eigenvalue weighted by molar-refractivity contribution is -0.140. The van der Waals surface area contributed by atoms with Crippen LogP contribution in [0.1, 0.15) is 13.8 Å². The van der Waals surface area contributed by atoms with Crippen LogP contribution in [0, 0.1) is 0 Å². The van der Waals surface area contributed by atoms with Crippen LogP contribution < -0.4 is 10.1 Å². The zero-order chi connectivity index (χ0) is 20.0. The second kappa shape index (κ2) is 9.83. The van der Waals surface area contributed by atoms with Crippen LogP contribution in [-0.2, 0) is 9.59 Å². The maximum absolute atomic E-state index is 12.6. The summed E-state index contributed by atoms with van der Waals surface area (Å²) in [6.07, 6.45) is -0.761. The molecule has 2 amide bonds. The molecular formula is C19H19Cl3N2O3. The van der Waals surface area contributed by atoms with Crippen molar-refractivity contribution in [3.8, 4) is 5.75 Å². The van der Waals surface area contributed by atoms with Gasteiger partial charge in [0.05, 0.1) is 22.3 Å². The minimum absolute atomic E-state index is 0.148. The maximum Gasteiger partial charge on any atom is 0.263 e. The molecule has 144 valence electrons. The third-order valence-electron chi connectivity index (χ3n) is 3.73. The molecule has 0 spiro atoms. The van der Waals surface area contributed by atoms with Crippen molar-refractivity contribution in [2.75, 3.05) is 18.4 Å². The van der Waals surface area contributed by atoms with Crippen molar-refractivity contribution < 1.29 is 14.3 Å². The van der Waals surface area contributed by atoms with E-state index < -0.39 is 12.0 Å². The van der Waals surface area contributed by atoms with Crippen molar-refractivity contribution in [2.24, 2.45) is 0 Å². The Balaban J connectivity index is 1.99. The zero-order valence-electron chi connectivity index (χ0n) is 14.8. The first kappa shape index (κ1) is 21.4. The SMILES string of the molecule is CCN(CC(=O)Nc1c(Cl)cccc1Cl)C(=O)C(C)Oc1ccc(Cl)cc1. The van der Waals surface area contributed by atoms with Gasteiger partial charge in [0.25, 0.3) is 5.91 Å². The second-order valence-corrected chi connectivity index (χ2v) is 6.96. The summed E-state index contributed by atoms with van der Waals surface area (Å²) >= 11 is 17.9. The van der Waals surface area contributed by atoms with Crippen LogP contribution in [0.3, 0.4) is 0 Å². The van der Waals surface area contributed by atoms with Crippen molar-refractivity contribution in [3.63, 3.8) is 0 Å². The number of halogens is 3. The maximum atomic E-state index is 12.6. The summed E-state index contributed by atoms with van der Waals surface area (Å²) in [6.45, 7) is 3.60. The van der Waals surface area contributed by atoms with Gasteiger partial charge in [0.2, 0.25) is 5.91 Å². The number of benzene rings is 2. The molecule has 27 heavy (non-hydrogen) atoms. The minimum atomic E-state index is -0.761. The molecule has 1 unspecified atom stereocenters. The van der Waals surface area contributed by atoms with E-state index in [0.717, 1.165) is 0 Å². The van der Waals surface area contributed by atoms with Crippen LogP contribution in [0.25, 0.3) is 0 Å². The normalized spacial score (nSPS) is 11.6. The Hall–Kier alpha value is -1.95. The predicted molar refractivity (Wildman–Crippen MR) is 109 cm³/mol. The lowest BCUT2D eigenvalue weighted by Gasteiger charge is -2.24. The Morgan fingerprint density at radius 3 is 2.22 bits per heavy atom. The lowest BCUT2D eigenvalue weighted by atomic mass is 10.3. The molecule has 5 nitrogen and oxygen atoms in total. The molecule has 0 bridgehead atoms. The Morgan fingerprint density at radius 2 is 1.67 bits per heavy atom. The third-order valence-corrected chi connectivity index (χ3v) is 4.61. The molecule has 0 fully saturated rings. The number of ether oxygens (including phenoxy) is 1. The smallest absolute Gasteiger partial charge is 0.263 e. The number of amides is 2. The molecular weight excluding hydrogens is 411 g/mol. The highest BCUT2D eigenvalue weighted by Crippen LogP contribution is 2.29. The summed E-state index contributed by atoms with van der Waals surface area (Å²) in [7, 11) is 0. The van der Waals surface area contributed by atoms with Gasteiger partial charge in [-0.25, -0.2) is 0 Å².